The summed E-state index contributed by atoms with van der Waals surface area (Å²) in [6.45, 7) is 13.5. The van der Waals surface area contributed by atoms with Gasteiger partial charge in [0, 0.05) is 11.1 Å². The van der Waals surface area contributed by atoms with Gasteiger partial charge >= 0.3 is 23.9 Å². The van der Waals surface area contributed by atoms with Gasteiger partial charge in [0.15, 0.2) is 0 Å². The molecule has 14 nitrogen and oxygen atoms in total. The van der Waals surface area contributed by atoms with Crippen LogP contribution in [0.4, 0.5) is 8.78 Å². The lowest BCUT2D eigenvalue weighted by atomic mass is 9.76. The summed E-state index contributed by atoms with van der Waals surface area (Å²) >= 11 is 0. The molecule has 4 aliphatic carbocycles. The quantitative estimate of drug-likeness (QED) is 0.0611. The number of hydrogen-bond donors (Lipinski definition) is 2. The summed E-state index contributed by atoms with van der Waals surface area (Å²) in [4.78, 5) is 45.1. The smallest absolute Gasteiger partial charge is 0.306 e. The zero-order valence-corrected chi connectivity index (χ0v) is 56.8. The predicted octanol–water partition coefficient (Wildman–Crippen LogP) is 16.4. The fourth-order valence-electron chi connectivity index (χ4n) is 12.8. The summed E-state index contributed by atoms with van der Waals surface area (Å²) < 4.78 is 71.0. The number of phenolic OH excluding ortho intramolecular Hbond substituents is 2. The fraction of sp³-hybridized carbons (Fsp3) is 0.350. The van der Waals surface area contributed by atoms with Crippen molar-refractivity contribution in [3.05, 3.63) is 224 Å². The summed E-state index contributed by atoms with van der Waals surface area (Å²) in [6, 6.07) is 44.4. The molecule has 96 heavy (non-hydrogen) atoms. The second-order valence-corrected chi connectivity index (χ2v) is 26.7. The number of rotatable bonds is 18. The Bertz CT molecular complexity index is 3880. The van der Waals surface area contributed by atoms with Crippen LogP contribution in [0.15, 0.2) is 146 Å². The van der Waals surface area contributed by atoms with Gasteiger partial charge in [0.1, 0.15) is 59.3 Å². The molecule has 0 radical (unpaired) electrons. The predicted molar refractivity (Wildman–Crippen MR) is 364 cm³/mol. The van der Waals surface area contributed by atoms with Crippen LogP contribution < -0.4 is 18.9 Å². The maximum atomic E-state index is 14.7. The normalized spacial score (nSPS) is 15.7. The van der Waals surface area contributed by atoms with Crippen LogP contribution in [0, 0.1) is 11.6 Å². The molecule has 16 heteroatoms. The molecule has 0 bridgehead atoms. The first-order valence-electron chi connectivity index (χ1n) is 32.2. The number of esters is 4. The van der Waals surface area contributed by atoms with Gasteiger partial charge in [-0.15, -0.1) is 0 Å². The van der Waals surface area contributed by atoms with E-state index < -0.39 is 0 Å². The highest BCUT2D eigenvalue weighted by Crippen LogP contribution is 2.45. The summed E-state index contributed by atoms with van der Waals surface area (Å²) in [5.74, 6) is 3.20. The molecular weight excluding hydrogens is 1220 g/mol. The number of benzene rings is 8. The first kappa shape index (κ1) is 70.6. The Morgan fingerprint density at radius 3 is 0.958 bits per heavy atom. The molecule has 0 heterocycles. The topological polar surface area (TPSA) is 183 Å². The van der Waals surface area contributed by atoms with E-state index in [1.165, 1.54) is 62.8 Å². The molecule has 2 N–H and O–H groups in total. The molecule has 8 aromatic rings. The maximum absolute atomic E-state index is 14.7. The first-order chi connectivity index (χ1) is 45.8. The Morgan fingerprint density at radius 2 is 0.677 bits per heavy atom. The minimum Gasteiger partial charge on any atom is -0.508 e. The number of hydrogen-bond acceptors (Lipinski definition) is 14. The van der Waals surface area contributed by atoms with Crippen molar-refractivity contribution in [2.45, 2.75) is 141 Å². The Kier molecular flexibility index (Phi) is 22.7. The minimum atomic E-state index is -0.275. The molecule has 0 aliphatic heterocycles. The zero-order chi connectivity index (χ0) is 69.2. The number of halogens is 2. The first-order valence-corrected chi connectivity index (χ1v) is 32.2. The van der Waals surface area contributed by atoms with E-state index in [2.05, 4.69) is 63.1 Å². The number of carbonyl (C=O) groups is 4. The summed E-state index contributed by atoms with van der Waals surface area (Å²) in [7, 11) is 8.81. The molecular formula is C80H86F2O14. The lowest BCUT2D eigenvalue weighted by Gasteiger charge is -2.29. The van der Waals surface area contributed by atoms with Crippen LogP contribution >= 0.6 is 0 Å². The molecule has 4 atom stereocenters. The van der Waals surface area contributed by atoms with Crippen LogP contribution in [0.25, 0.3) is 22.3 Å². The van der Waals surface area contributed by atoms with Crippen LogP contribution in [0.5, 0.6) is 34.5 Å². The fourth-order valence-corrected chi connectivity index (χ4v) is 12.8. The van der Waals surface area contributed by atoms with Crippen molar-refractivity contribution < 1.29 is 76.1 Å². The molecule has 8 aromatic carbocycles. The zero-order valence-electron chi connectivity index (χ0n) is 56.8. The van der Waals surface area contributed by atoms with Crippen LogP contribution in [0.1, 0.15) is 158 Å². The van der Waals surface area contributed by atoms with Crippen molar-refractivity contribution in [3.63, 3.8) is 0 Å². The van der Waals surface area contributed by atoms with Gasteiger partial charge in [-0.05, 0) is 223 Å². The third-order valence-electron chi connectivity index (χ3n) is 18.2. The molecule has 0 saturated heterocycles. The van der Waals surface area contributed by atoms with Crippen molar-refractivity contribution in [1.82, 2.24) is 0 Å². The highest BCUT2D eigenvalue weighted by Gasteiger charge is 2.33. The Morgan fingerprint density at radius 1 is 0.375 bits per heavy atom. The van der Waals surface area contributed by atoms with Gasteiger partial charge < -0.3 is 48.1 Å². The van der Waals surface area contributed by atoms with Crippen LogP contribution in [0.2, 0.25) is 0 Å². The minimum absolute atomic E-state index is 0.172. The van der Waals surface area contributed by atoms with Gasteiger partial charge in [0.25, 0.3) is 0 Å². The van der Waals surface area contributed by atoms with Crippen LogP contribution in [0.3, 0.4) is 0 Å². The van der Waals surface area contributed by atoms with Crippen molar-refractivity contribution in [2.75, 3.05) is 42.7 Å². The molecule has 0 saturated carbocycles. The van der Waals surface area contributed by atoms with Gasteiger partial charge in [-0.25, -0.2) is 8.78 Å². The molecule has 0 spiro atoms. The lowest BCUT2D eigenvalue weighted by molar-refractivity contribution is -0.142. The molecule has 0 fully saturated rings. The van der Waals surface area contributed by atoms with Gasteiger partial charge in [0.05, 0.1) is 68.3 Å². The van der Waals surface area contributed by atoms with E-state index >= 15 is 0 Å². The lowest BCUT2D eigenvalue weighted by Crippen LogP contribution is -2.20. The van der Waals surface area contributed by atoms with Gasteiger partial charge in [-0.1, -0.05) is 102 Å². The van der Waals surface area contributed by atoms with Crippen LogP contribution in [-0.2, 0) is 87.9 Å². The number of aromatic hydroxyl groups is 2. The molecule has 4 aliphatic rings. The molecule has 0 amide bonds. The number of ether oxygens (including phenoxy) is 8. The summed E-state index contributed by atoms with van der Waals surface area (Å²) in [5.41, 5.74) is 15.9. The molecule has 0 unspecified atom stereocenters. The number of phenols is 2. The second-order valence-electron chi connectivity index (χ2n) is 26.7. The van der Waals surface area contributed by atoms with Crippen molar-refractivity contribution in [1.29, 1.82) is 0 Å². The average molecular weight is 1310 g/mol. The Balaban J connectivity index is 0.000000162. The standard InChI is InChI=1S/2C29H31FO4.2C11H12O3/c2*1-29(2,3)26-12-18(6-9-24(26)25-16-21(32-4)8-11-27(25)30)17-34-22-7-10-23-19(14-22)13-20(23)15-28(31)33-5;2*1-14-11(13)6-8-4-7-5-9(12)2-3-10(7)8/h2*6-12,14,16,20H,13,15,17H2,1-5H3;2*2-3,5,8,12H,4,6H2,1H3/t2*20-;2*8-/m1010/s1. The van der Waals surface area contributed by atoms with Crippen molar-refractivity contribution >= 4 is 23.9 Å². The monoisotopic (exact) mass is 1310 g/mol. The SMILES string of the molecule is COC(=O)C[C@@H]1Cc2cc(O)ccc21.COC(=O)C[C@@H]1Cc2cc(OCc3ccc(-c4cc(OC)ccc4F)c(C(C)(C)C)c3)ccc21.COC(=O)C[C@H]1Cc2cc(O)ccc21.COC(=O)C[C@H]1Cc2cc(OCc3ccc(-c4cc(OC)ccc4F)c(C(C)(C)C)c3)ccc21. The van der Waals surface area contributed by atoms with E-state index in [-0.39, 0.29) is 70.0 Å². The van der Waals surface area contributed by atoms with Gasteiger partial charge in [-0.2, -0.15) is 0 Å². The third-order valence-corrected chi connectivity index (χ3v) is 18.2. The highest BCUT2D eigenvalue weighted by atomic mass is 19.1. The number of methoxy groups -OCH3 is 6. The third kappa shape index (κ3) is 17.2. The van der Waals surface area contributed by atoms with Crippen LogP contribution in [-0.4, -0.2) is 76.7 Å². The second kappa shape index (κ2) is 30.8. The number of fused-ring (bicyclic) bond motifs is 4. The maximum Gasteiger partial charge on any atom is 0.306 e. The van der Waals surface area contributed by atoms with E-state index in [1.54, 1.807) is 62.8 Å². The van der Waals surface area contributed by atoms with Gasteiger partial charge in [0.2, 0.25) is 0 Å². The Hall–Kier alpha value is -9.70. The van der Waals surface area contributed by atoms with Crippen molar-refractivity contribution in [3.8, 4) is 56.8 Å². The van der Waals surface area contributed by atoms with E-state index in [9.17, 15) is 38.2 Å². The van der Waals surface area contributed by atoms with Crippen molar-refractivity contribution in [2.24, 2.45) is 0 Å². The molecule has 12 rings (SSSR count). The van der Waals surface area contributed by atoms with E-state index in [1.807, 2.05) is 72.8 Å². The Labute approximate surface area is 561 Å². The summed E-state index contributed by atoms with van der Waals surface area (Å²) in [5, 5.41) is 18.4. The number of carbonyl (C=O) groups excluding carboxylic acids is 4. The molecule has 504 valence electrons. The largest absolute Gasteiger partial charge is 0.508 e. The molecule has 0 aromatic heterocycles. The highest BCUT2D eigenvalue weighted by molar-refractivity contribution is 5.75. The average Bonchev–Trinajstić information content (AvgIpc) is 0.840. The van der Waals surface area contributed by atoms with Gasteiger partial charge in [-0.3, -0.25) is 19.2 Å². The van der Waals surface area contributed by atoms with E-state index in [0.29, 0.717) is 73.0 Å². The van der Waals surface area contributed by atoms with E-state index in [4.69, 9.17) is 28.4 Å². The summed E-state index contributed by atoms with van der Waals surface area (Å²) in [6.07, 6.45) is 5.15. The van der Waals surface area contributed by atoms with E-state index in [0.717, 1.165) is 92.8 Å².